The molecule has 3 nitrogen and oxygen atoms in total. The number of rotatable bonds is 8. The Morgan fingerprint density at radius 2 is 1.89 bits per heavy atom. The lowest BCUT2D eigenvalue weighted by Crippen LogP contribution is -2.45. The van der Waals surface area contributed by atoms with Crippen LogP contribution in [-0.4, -0.2) is 23.2 Å². The lowest BCUT2D eigenvalue weighted by atomic mass is 9.78. The van der Waals surface area contributed by atoms with Crippen molar-refractivity contribution in [1.29, 1.82) is 0 Å². The molecule has 0 aromatic heterocycles. The van der Waals surface area contributed by atoms with E-state index in [9.17, 15) is 9.90 Å². The SMILES string of the molecule is CCCCCCC(=O)NCC1(O)CCC(CC)CC1. The first-order chi connectivity index (χ1) is 9.09. The number of nitrogens with one attached hydrogen (secondary N) is 1. The van der Waals surface area contributed by atoms with Crippen molar-refractivity contribution < 1.29 is 9.90 Å². The van der Waals surface area contributed by atoms with E-state index in [4.69, 9.17) is 0 Å². The Morgan fingerprint density at radius 3 is 2.47 bits per heavy atom. The van der Waals surface area contributed by atoms with Crippen molar-refractivity contribution in [3.63, 3.8) is 0 Å². The van der Waals surface area contributed by atoms with Gasteiger partial charge in [0.25, 0.3) is 0 Å². The summed E-state index contributed by atoms with van der Waals surface area (Å²) in [6, 6.07) is 0. The van der Waals surface area contributed by atoms with Crippen molar-refractivity contribution in [3.8, 4) is 0 Å². The monoisotopic (exact) mass is 269 g/mol. The van der Waals surface area contributed by atoms with Gasteiger partial charge in [0, 0.05) is 13.0 Å². The number of carbonyl (C=O) groups excluding carboxylic acids is 1. The number of aliphatic hydroxyl groups is 1. The maximum atomic E-state index is 11.7. The van der Waals surface area contributed by atoms with Gasteiger partial charge in [-0.2, -0.15) is 0 Å². The largest absolute Gasteiger partial charge is 0.388 e. The van der Waals surface area contributed by atoms with Gasteiger partial charge in [-0.15, -0.1) is 0 Å². The van der Waals surface area contributed by atoms with Crippen LogP contribution in [0.4, 0.5) is 0 Å². The van der Waals surface area contributed by atoms with Crippen molar-refractivity contribution in [1.82, 2.24) is 5.32 Å². The Labute approximate surface area is 118 Å². The summed E-state index contributed by atoms with van der Waals surface area (Å²) < 4.78 is 0. The summed E-state index contributed by atoms with van der Waals surface area (Å²) in [6.45, 7) is 4.82. The van der Waals surface area contributed by atoms with E-state index in [0.717, 1.165) is 44.4 Å². The molecule has 1 fully saturated rings. The minimum Gasteiger partial charge on any atom is -0.388 e. The summed E-state index contributed by atoms with van der Waals surface area (Å²) in [7, 11) is 0. The highest BCUT2D eigenvalue weighted by Gasteiger charge is 2.32. The van der Waals surface area contributed by atoms with E-state index in [-0.39, 0.29) is 5.91 Å². The van der Waals surface area contributed by atoms with Crippen LogP contribution in [0.5, 0.6) is 0 Å². The van der Waals surface area contributed by atoms with E-state index in [2.05, 4.69) is 19.2 Å². The fourth-order valence-corrected chi connectivity index (χ4v) is 2.86. The van der Waals surface area contributed by atoms with Crippen LogP contribution in [0.1, 0.15) is 78.1 Å². The molecule has 1 aliphatic rings. The first-order valence-electron chi connectivity index (χ1n) is 8.08. The van der Waals surface area contributed by atoms with Crippen LogP contribution in [0, 0.1) is 5.92 Å². The van der Waals surface area contributed by atoms with Crippen LogP contribution in [0.2, 0.25) is 0 Å². The quantitative estimate of drug-likeness (QED) is 0.663. The van der Waals surface area contributed by atoms with Crippen LogP contribution in [-0.2, 0) is 4.79 Å². The van der Waals surface area contributed by atoms with Crippen molar-refractivity contribution >= 4 is 5.91 Å². The Balaban J connectivity index is 2.15. The van der Waals surface area contributed by atoms with Gasteiger partial charge in [-0.1, -0.05) is 39.5 Å². The fourth-order valence-electron chi connectivity index (χ4n) is 2.86. The molecule has 0 spiro atoms. The fraction of sp³-hybridized carbons (Fsp3) is 0.938. The number of hydrogen-bond donors (Lipinski definition) is 2. The topological polar surface area (TPSA) is 49.3 Å². The van der Waals surface area contributed by atoms with Crippen LogP contribution in [0.25, 0.3) is 0 Å². The summed E-state index contributed by atoms with van der Waals surface area (Å²) in [5.74, 6) is 0.868. The highest BCUT2D eigenvalue weighted by Crippen LogP contribution is 2.33. The Kier molecular flexibility index (Phi) is 7.44. The molecule has 0 unspecified atom stereocenters. The van der Waals surface area contributed by atoms with Crippen LogP contribution < -0.4 is 5.32 Å². The third kappa shape index (κ3) is 6.42. The maximum absolute atomic E-state index is 11.7. The first kappa shape index (κ1) is 16.5. The Morgan fingerprint density at radius 1 is 1.21 bits per heavy atom. The van der Waals surface area contributed by atoms with Gasteiger partial charge in [0.15, 0.2) is 0 Å². The summed E-state index contributed by atoms with van der Waals surface area (Å²) in [5.41, 5.74) is -0.648. The van der Waals surface area contributed by atoms with Gasteiger partial charge in [-0.3, -0.25) is 4.79 Å². The van der Waals surface area contributed by atoms with Crippen LogP contribution >= 0.6 is 0 Å². The molecule has 1 rings (SSSR count). The molecule has 0 atom stereocenters. The minimum absolute atomic E-state index is 0.0992. The molecule has 0 radical (unpaired) electrons. The zero-order valence-electron chi connectivity index (χ0n) is 12.7. The second-order valence-corrected chi connectivity index (χ2v) is 6.16. The lowest BCUT2D eigenvalue weighted by Gasteiger charge is -2.35. The summed E-state index contributed by atoms with van der Waals surface area (Å²) >= 11 is 0. The predicted molar refractivity (Wildman–Crippen MR) is 79.0 cm³/mol. The van der Waals surface area contributed by atoms with Crippen LogP contribution in [0.15, 0.2) is 0 Å². The molecule has 1 amide bonds. The standard InChI is InChI=1S/C16H31NO2/c1-3-5-6-7-8-15(18)17-13-16(19)11-9-14(4-2)10-12-16/h14,19H,3-13H2,1-2H3,(H,17,18). The second-order valence-electron chi connectivity index (χ2n) is 6.16. The maximum Gasteiger partial charge on any atom is 0.220 e. The molecular formula is C16H31NO2. The number of carbonyl (C=O) groups is 1. The average Bonchev–Trinajstić information content (AvgIpc) is 2.42. The van der Waals surface area contributed by atoms with Crippen molar-refractivity contribution in [2.75, 3.05) is 6.54 Å². The van der Waals surface area contributed by atoms with E-state index in [1.807, 2.05) is 0 Å². The van der Waals surface area contributed by atoms with Crippen LogP contribution in [0.3, 0.4) is 0 Å². The average molecular weight is 269 g/mol. The van der Waals surface area contributed by atoms with Crippen molar-refractivity contribution in [3.05, 3.63) is 0 Å². The summed E-state index contributed by atoms with van der Waals surface area (Å²) in [6.07, 6.45) is 10.2. The van der Waals surface area contributed by atoms with Crippen molar-refractivity contribution in [2.24, 2.45) is 5.92 Å². The van der Waals surface area contributed by atoms with Crippen molar-refractivity contribution in [2.45, 2.75) is 83.7 Å². The molecule has 1 saturated carbocycles. The van der Waals surface area contributed by atoms with Gasteiger partial charge >= 0.3 is 0 Å². The predicted octanol–water partition coefficient (Wildman–Crippen LogP) is 3.40. The van der Waals surface area contributed by atoms with Gasteiger partial charge < -0.3 is 10.4 Å². The molecule has 2 N–H and O–H groups in total. The van der Waals surface area contributed by atoms with Gasteiger partial charge in [0.2, 0.25) is 5.91 Å². The van der Waals surface area contributed by atoms with E-state index < -0.39 is 5.60 Å². The number of amides is 1. The highest BCUT2D eigenvalue weighted by atomic mass is 16.3. The summed E-state index contributed by atoms with van der Waals surface area (Å²) in [4.78, 5) is 11.7. The van der Waals surface area contributed by atoms with E-state index in [0.29, 0.717) is 13.0 Å². The zero-order valence-corrected chi connectivity index (χ0v) is 12.7. The number of hydrogen-bond acceptors (Lipinski definition) is 2. The molecule has 0 aromatic carbocycles. The van der Waals surface area contributed by atoms with Gasteiger partial charge in [0.05, 0.1) is 5.60 Å². The molecular weight excluding hydrogens is 238 g/mol. The highest BCUT2D eigenvalue weighted by molar-refractivity contribution is 5.75. The van der Waals surface area contributed by atoms with E-state index in [1.54, 1.807) is 0 Å². The molecule has 112 valence electrons. The third-order valence-corrected chi connectivity index (χ3v) is 4.49. The summed E-state index contributed by atoms with van der Waals surface area (Å²) in [5, 5.41) is 13.3. The number of unbranched alkanes of at least 4 members (excludes halogenated alkanes) is 3. The molecule has 0 aliphatic heterocycles. The molecule has 0 bridgehead atoms. The second kappa shape index (κ2) is 8.57. The van der Waals surface area contributed by atoms with E-state index >= 15 is 0 Å². The normalized spacial score (nSPS) is 27.2. The molecule has 1 aliphatic carbocycles. The van der Waals surface area contributed by atoms with Gasteiger partial charge in [0.1, 0.15) is 0 Å². The lowest BCUT2D eigenvalue weighted by molar-refractivity contribution is -0.123. The molecule has 19 heavy (non-hydrogen) atoms. The zero-order chi connectivity index (χ0) is 14.1. The molecule has 3 heteroatoms. The Bertz CT molecular complexity index is 257. The van der Waals surface area contributed by atoms with Gasteiger partial charge in [-0.05, 0) is 38.0 Å². The first-order valence-corrected chi connectivity index (χ1v) is 8.08. The molecule has 0 aromatic rings. The van der Waals surface area contributed by atoms with E-state index in [1.165, 1.54) is 19.3 Å². The molecule has 0 heterocycles. The smallest absolute Gasteiger partial charge is 0.220 e. The minimum atomic E-state index is -0.648. The third-order valence-electron chi connectivity index (χ3n) is 4.49. The van der Waals surface area contributed by atoms with Gasteiger partial charge in [-0.25, -0.2) is 0 Å². The Hall–Kier alpha value is -0.570. The molecule has 0 saturated heterocycles.